The van der Waals surface area contributed by atoms with Gasteiger partial charge in [-0.3, -0.25) is 0 Å². The molecule has 1 aromatic heterocycles. The summed E-state index contributed by atoms with van der Waals surface area (Å²) in [5, 5.41) is 2.67. The zero-order valence-corrected chi connectivity index (χ0v) is 11.3. The number of nitrogens with zero attached hydrogens (tertiary/aromatic N) is 3. The van der Waals surface area contributed by atoms with Gasteiger partial charge in [0, 0.05) is 11.8 Å². The van der Waals surface area contributed by atoms with Crippen LogP contribution in [0.4, 0.5) is 16.0 Å². The number of ether oxygens (including phenoxy) is 1. The molecule has 0 aliphatic rings. The van der Waals surface area contributed by atoms with Crippen molar-refractivity contribution in [1.29, 1.82) is 0 Å². The maximum absolute atomic E-state index is 13.6. The van der Waals surface area contributed by atoms with Gasteiger partial charge in [-0.1, -0.05) is 0 Å². The summed E-state index contributed by atoms with van der Waals surface area (Å²) >= 11 is 11.3. The average molecular weight is 303 g/mol. The third-order valence-electron chi connectivity index (χ3n) is 2.07. The van der Waals surface area contributed by atoms with Crippen molar-refractivity contribution < 1.29 is 9.13 Å². The van der Waals surface area contributed by atoms with Crippen LogP contribution in [0.15, 0.2) is 18.2 Å². The largest absolute Gasteiger partial charge is 0.491 e. The Kier molecular flexibility index (Phi) is 4.34. The van der Waals surface area contributed by atoms with E-state index in [9.17, 15) is 4.39 Å². The first-order valence-electron chi connectivity index (χ1n) is 5.35. The molecule has 2 aromatic rings. The molecular weight excluding hydrogens is 294 g/mol. The highest BCUT2D eigenvalue weighted by atomic mass is 35.5. The van der Waals surface area contributed by atoms with Gasteiger partial charge in [-0.25, -0.2) is 4.39 Å². The maximum atomic E-state index is 13.6. The molecule has 0 bridgehead atoms. The fraction of sp³-hybridized carbons (Fsp3) is 0.182. The summed E-state index contributed by atoms with van der Waals surface area (Å²) in [5.74, 6) is -0.175. The maximum Gasteiger partial charge on any atom is 0.232 e. The van der Waals surface area contributed by atoms with E-state index in [1.807, 2.05) is 0 Å². The molecule has 1 aromatic carbocycles. The summed E-state index contributed by atoms with van der Waals surface area (Å²) in [7, 11) is 0. The van der Waals surface area contributed by atoms with E-state index in [2.05, 4.69) is 20.3 Å². The van der Waals surface area contributed by atoms with Gasteiger partial charge in [-0.05, 0) is 42.3 Å². The molecule has 0 amide bonds. The van der Waals surface area contributed by atoms with E-state index in [0.717, 1.165) is 0 Å². The number of hydrogen-bond donors (Lipinski definition) is 1. The average Bonchev–Trinajstić information content (AvgIpc) is 2.31. The lowest BCUT2D eigenvalue weighted by atomic mass is 10.3. The lowest BCUT2D eigenvalue weighted by Gasteiger charge is -2.08. The van der Waals surface area contributed by atoms with E-state index in [-0.39, 0.29) is 22.3 Å². The molecular formula is C11H9Cl2FN4O. The Morgan fingerprint density at radius 2 is 1.89 bits per heavy atom. The van der Waals surface area contributed by atoms with Gasteiger partial charge in [0.1, 0.15) is 0 Å². The molecule has 0 unspecified atom stereocenters. The third kappa shape index (κ3) is 3.65. The van der Waals surface area contributed by atoms with Crippen molar-refractivity contribution in [1.82, 2.24) is 15.0 Å². The number of nitrogens with one attached hydrogen (secondary N) is 1. The number of aromatic nitrogens is 3. The highest BCUT2D eigenvalue weighted by Gasteiger charge is 2.07. The Hall–Kier alpha value is -1.66. The Morgan fingerprint density at radius 3 is 2.47 bits per heavy atom. The number of halogens is 3. The van der Waals surface area contributed by atoms with E-state index < -0.39 is 5.82 Å². The van der Waals surface area contributed by atoms with Crippen molar-refractivity contribution in [2.24, 2.45) is 0 Å². The Morgan fingerprint density at radius 1 is 1.21 bits per heavy atom. The van der Waals surface area contributed by atoms with Crippen LogP contribution in [0.2, 0.25) is 10.6 Å². The van der Waals surface area contributed by atoms with Crippen molar-refractivity contribution in [3.05, 3.63) is 34.6 Å². The summed E-state index contributed by atoms with van der Waals surface area (Å²) in [6.07, 6.45) is 0. The summed E-state index contributed by atoms with van der Waals surface area (Å²) in [6, 6.07) is 4.39. The molecule has 19 heavy (non-hydrogen) atoms. The summed E-state index contributed by atoms with van der Waals surface area (Å²) < 4.78 is 18.7. The molecule has 1 N–H and O–H groups in total. The normalized spacial score (nSPS) is 10.3. The van der Waals surface area contributed by atoms with Crippen LogP contribution in [0.25, 0.3) is 0 Å². The van der Waals surface area contributed by atoms with Gasteiger partial charge in [0.05, 0.1) is 6.61 Å². The lowest BCUT2D eigenvalue weighted by molar-refractivity contribution is 0.321. The molecule has 0 radical (unpaired) electrons. The standard InChI is InChI=1S/C11H9Cl2FN4O/c1-2-19-8-4-3-6(5-7(8)14)15-11-17-9(12)16-10(13)18-11/h3-5H,2H2,1H3,(H,15,16,17,18). The Balaban J connectivity index is 2.21. The molecule has 1 heterocycles. The number of benzene rings is 1. The van der Waals surface area contributed by atoms with Crippen LogP contribution >= 0.6 is 23.2 Å². The summed E-state index contributed by atoms with van der Waals surface area (Å²) in [6.45, 7) is 2.17. The summed E-state index contributed by atoms with van der Waals surface area (Å²) in [4.78, 5) is 11.2. The SMILES string of the molecule is CCOc1ccc(Nc2nc(Cl)nc(Cl)n2)cc1F. The van der Waals surface area contributed by atoms with Crippen LogP contribution in [0.3, 0.4) is 0 Å². The first-order valence-corrected chi connectivity index (χ1v) is 6.10. The minimum Gasteiger partial charge on any atom is -0.491 e. The number of anilines is 2. The van der Waals surface area contributed by atoms with E-state index in [4.69, 9.17) is 27.9 Å². The van der Waals surface area contributed by atoms with Crippen molar-refractivity contribution in [2.45, 2.75) is 6.92 Å². The third-order valence-corrected chi connectivity index (χ3v) is 2.41. The topological polar surface area (TPSA) is 59.9 Å². The smallest absolute Gasteiger partial charge is 0.232 e. The second-order valence-electron chi connectivity index (χ2n) is 3.40. The molecule has 0 fully saturated rings. The van der Waals surface area contributed by atoms with Crippen molar-refractivity contribution in [2.75, 3.05) is 11.9 Å². The molecule has 0 atom stereocenters. The molecule has 2 rings (SSSR count). The molecule has 0 aliphatic carbocycles. The van der Waals surface area contributed by atoms with Crippen LogP contribution in [0.5, 0.6) is 5.75 Å². The van der Waals surface area contributed by atoms with Gasteiger partial charge in [-0.15, -0.1) is 0 Å². The Bertz CT molecular complexity index is 577. The van der Waals surface area contributed by atoms with Gasteiger partial charge >= 0.3 is 0 Å². The molecule has 100 valence electrons. The second-order valence-corrected chi connectivity index (χ2v) is 4.08. The van der Waals surface area contributed by atoms with Crippen LogP contribution < -0.4 is 10.1 Å². The molecule has 8 heteroatoms. The van der Waals surface area contributed by atoms with Crippen LogP contribution in [0, 0.1) is 5.82 Å². The van der Waals surface area contributed by atoms with Gasteiger partial charge in [0.25, 0.3) is 0 Å². The van der Waals surface area contributed by atoms with Gasteiger partial charge in [0.2, 0.25) is 16.5 Å². The highest BCUT2D eigenvalue weighted by molar-refractivity contribution is 6.31. The van der Waals surface area contributed by atoms with E-state index in [1.54, 1.807) is 13.0 Å². The van der Waals surface area contributed by atoms with E-state index in [0.29, 0.717) is 12.3 Å². The monoisotopic (exact) mass is 302 g/mol. The number of rotatable bonds is 4. The molecule has 0 saturated carbocycles. The van der Waals surface area contributed by atoms with Crippen LogP contribution in [-0.4, -0.2) is 21.6 Å². The highest BCUT2D eigenvalue weighted by Crippen LogP contribution is 2.23. The fourth-order valence-electron chi connectivity index (χ4n) is 1.36. The Labute approximate surface area is 118 Å². The van der Waals surface area contributed by atoms with Crippen molar-refractivity contribution in [3.8, 4) is 5.75 Å². The minimum atomic E-state index is -0.488. The number of hydrogen-bond acceptors (Lipinski definition) is 5. The molecule has 0 aliphatic heterocycles. The molecule has 0 spiro atoms. The molecule has 0 saturated heterocycles. The second kappa shape index (κ2) is 5.99. The molecule has 5 nitrogen and oxygen atoms in total. The van der Waals surface area contributed by atoms with Gasteiger partial charge in [-0.2, -0.15) is 15.0 Å². The lowest BCUT2D eigenvalue weighted by Crippen LogP contribution is -2.00. The van der Waals surface area contributed by atoms with Crippen molar-refractivity contribution >= 4 is 34.8 Å². The van der Waals surface area contributed by atoms with Crippen LogP contribution in [-0.2, 0) is 0 Å². The van der Waals surface area contributed by atoms with Crippen LogP contribution in [0.1, 0.15) is 6.92 Å². The minimum absolute atomic E-state index is 0.0473. The zero-order valence-electron chi connectivity index (χ0n) is 9.82. The van der Waals surface area contributed by atoms with E-state index in [1.165, 1.54) is 12.1 Å². The summed E-state index contributed by atoms with van der Waals surface area (Å²) in [5.41, 5.74) is 0.444. The first-order chi connectivity index (χ1) is 9.08. The quantitative estimate of drug-likeness (QED) is 0.937. The predicted octanol–water partition coefficient (Wildman–Crippen LogP) is 3.46. The van der Waals surface area contributed by atoms with Gasteiger partial charge < -0.3 is 10.1 Å². The first kappa shape index (κ1) is 13.8. The zero-order chi connectivity index (χ0) is 13.8. The van der Waals surface area contributed by atoms with Gasteiger partial charge in [0.15, 0.2) is 11.6 Å². The van der Waals surface area contributed by atoms with Crippen molar-refractivity contribution in [3.63, 3.8) is 0 Å². The fourth-order valence-corrected chi connectivity index (χ4v) is 1.73. The predicted molar refractivity (Wildman–Crippen MR) is 70.7 cm³/mol. The van der Waals surface area contributed by atoms with E-state index >= 15 is 0 Å².